The Labute approximate surface area is 115 Å². The lowest BCUT2D eigenvalue weighted by atomic mass is 10.1. The van der Waals surface area contributed by atoms with Crippen molar-refractivity contribution in [1.82, 2.24) is 4.90 Å². The molecule has 1 atom stereocenters. The summed E-state index contributed by atoms with van der Waals surface area (Å²) in [7, 11) is 1.62. The molecule has 1 unspecified atom stereocenters. The third kappa shape index (κ3) is 3.26. The summed E-state index contributed by atoms with van der Waals surface area (Å²) >= 11 is 0. The van der Waals surface area contributed by atoms with Crippen LogP contribution in [0.4, 0.5) is 0 Å². The van der Waals surface area contributed by atoms with Crippen LogP contribution in [-0.2, 0) is 6.54 Å². The van der Waals surface area contributed by atoms with Gasteiger partial charge in [0.2, 0.25) is 0 Å². The van der Waals surface area contributed by atoms with Crippen LogP contribution in [0.1, 0.15) is 30.9 Å². The van der Waals surface area contributed by atoms with E-state index in [1.165, 1.54) is 31.5 Å². The Kier molecular flexibility index (Phi) is 4.43. The van der Waals surface area contributed by atoms with E-state index in [0.29, 0.717) is 11.3 Å². The molecule has 1 aliphatic heterocycles. The van der Waals surface area contributed by atoms with Crippen LogP contribution in [0.25, 0.3) is 0 Å². The molecule has 1 fully saturated rings. The van der Waals surface area contributed by atoms with Crippen molar-refractivity contribution in [3.63, 3.8) is 0 Å². The first-order valence-electron chi connectivity index (χ1n) is 6.87. The topological polar surface area (TPSA) is 62.3 Å². The average Bonchev–Trinajstić information content (AvgIpc) is 2.86. The molecule has 1 aromatic rings. The summed E-state index contributed by atoms with van der Waals surface area (Å²) in [5.41, 5.74) is 7.42. The van der Waals surface area contributed by atoms with Gasteiger partial charge in [0.05, 0.1) is 12.7 Å². The van der Waals surface area contributed by atoms with Gasteiger partial charge in [0.1, 0.15) is 11.6 Å². The molecule has 0 aliphatic carbocycles. The Morgan fingerprint density at radius 2 is 2.32 bits per heavy atom. The van der Waals surface area contributed by atoms with E-state index in [1.807, 2.05) is 18.2 Å². The first-order chi connectivity index (χ1) is 9.13. The summed E-state index contributed by atoms with van der Waals surface area (Å²) in [4.78, 5) is 2.48. The van der Waals surface area contributed by atoms with Crippen LogP contribution in [0.5, 0.6) is 5.75 Å². The smallest absolute Gasteiger partial charge is 0.130 e. The molecular weight excluding hydrogens is 238 g/mol. The first kappa shape index (κ1) is 13.9. The summed E-state index contributed by atoms with van der Waals surface area (Å²) in [5, 5.41) is 7.51. The molecule has 0 radical (unpaired) electrons. The third-order valence-electron chi connectivity index (χ3n) is 3.91. The zero-order chi connectivity index (χ0) is 13.8. The molecular formula is C15H23N3O. The molecule has 3 N–H and O–H groups in total. The van der Waals surface area contributed by atoms with Gasteiger partial charge in [-0.2, -0.15) is 0 Å². The van der Waals surface area contributed by atoms with E-state index in [2.05, 4.69) is 11.8 Å². The summed E-state index contributed by atoms with van der Waals surface area (Å²) in [6.45, 7) is 5.58. The lowest BCUT2D eigenvalue weighted by molar-refractivity contribution is 0.314. The highest BCUT2D eigenvalue weighted by atomic mass is 16.5. The fourth-order valence-corrected chi connectivity index (χ4v) is 2.70. The molecule has 1 aromatic carbocycles. The molecule has 104 valence electrons. The van der Waals surface area contributed by atoms with E-state index in [9.17, 15) is 0 Å². The molecule has 1 saturated heterocycles. The number of nitrogens with two attached hydrogens (primary N) is 1. The second kappa shape index (κ2) is 6.06. The number of nitrogens with zero attached hydrogens (tertiary/aromatic N) is 1. The number of ether oxygens (including phenoxy) is 1. The highest BCUT2D eigenvalue weighted by Crippen LogP contribution is 2.24. The van der Waals surface area contributed by atoms with Crippen LogP contribution in [0.15, 0.2) is 18.2 Å². The fraction of sp³-hybridized carbons (Fsp3) is 0.533. The lowest BCUT2D eigenvalue weighted by Gasteiger charge is -2.17. The molecule has 0 spiro atoms. The van der Waals surface area contributed by atoms with Crippen LogP contribution in [-0.4, -0.2) is 30.9 Å². The predicted molar refractivity (Wildman–Crippen MR) is 77.7 cm³/mol. The Morgan fingerprint density at radius 1 is 1.53 bits per heavy atom. The minimum Gasteiger partial charge on any atom is -0.496 e. The monoisotopic (exact) mass is 261 g/mol. The molecule has 0 saturated carbocycles. The summed E-state index contributed by atoms with van der Waals surface area (Å²) in [5.74, 6) is 1.59. The molecule has 19 heavy (non-hydrogen) atoms. The van der Waals surface area contributed by atoms with Gasteiger partial charge in [-0.1, -0.05) is 19.4 Å². The van der Waals surface area contributed by atoms with Crippen molar-refractivity contribution in [2.75, 3.05) is 20.2 Å². The van der Waals surface area contributed by atoms with Gasteiger partial charge in [-0.15, -0.1) is 0 Å². The maximum absolute atomic E-state index is 7.51. The average molecular weight is 261 g/mol. The van der Waals surface area contributed by atoms with E-state index < -0.39 is 0 Å². The summed E-state index contributed by atoms with van der Waals surface area (Å²) in [6.07, 6.45) is 2.57. The van der Waals surface area contributed by atoms with E-state index >= 15 is 0 Å². The SMILES string of the molecule is CCC1CCN(Cc2ccc(C(=N)N)c(OC)c2)C1. The second-order valence-corrected chi connectivity index (χ2v) is 5.25. The summed E-state index contributed by atoms with van der Waals surface area (Å²) < 4.78 is 5.31. The highest BCUT2D eigenvalue weighted by molar-refractivity contribution is 5.97. The second-order valence-electron chi connectivity index (χ2n) is 5.25. The molecule has 4 nitrogen and oxygen atoms in total. The number of rotatable bonds is 5. The maximum Gasteiger partial charge on any atom is 0.130 e. The molecule has 0 aromatic heterocycles. The van der Waals surface area contributed by atoms with Crippen molar-refractivity contribution in [2.45, 2.75) is 26.3 Å². The van der Waals surface area contributed by atoms with Gasteiger partial charge >= 0.3 is 0 Å². The van der Waals surface area contributed by atoms with Crippen LogP contribution in [0, 0.1) is 11.3 Å². The van der Waals surface area contributed by atoms with Crippen molar-refractivity contribution in [1.29, 1.82) is 5.41 Å². The van der Waals surface area contributed by atoms with E-state index in [-0.39, 0.29) is 5.84 Å². The Morgan fingerprint density at radius 3 is 2.89 bits per heavy atom. The van der Waals surface area contributed by atoms with Gasteiger partial charge < -0.3 is 10.5 Å². The molecule has 2 rings (SSSR count). The van der Waals surface area contributed by atoms with Crippen molar-refractivity contribution in [3.05, 3.63) is 29.3 Å². The number of benzene rings is 1. The van der Waals surface area contributed by atoms with Gasteiger partial charge in [-0.3, -0.25) is 10.3 Å². The van der Waals surface area contributed by atoms with E-state index in [1.54, 1.807) is 7.11 Å². The third-order valence-corrected chi connectivity index (χ3v) is 3.91. The predicted octanol–water partition coefficient (Wildman–Crippen LogP) is 2.21. The van der Waals surface area contributed by atoms with E-state index in [4.69, 9.17) is 15.9 Å². The largest absolute Gasteiger partial charge is 0.496 e. The minimum absolute atomic E-state index is 0.0515. The molecule has 0 amide bonds. The normalized spacial score (nSPS) is 19.6. The lowest BCUT2D eigenvalue weighted by Crippen LogP contribution is -2.20. The number of nitrogen functional groups attached to an aromatic ring is 1. The number of amidine groups is 1. The number of likely N-dealkylation sites (tertiary alicyclic amines) is 1. The highest BCUT2D eigenvalue weighted by Gasteiger charge is 2.21. The Balaban J connectivity index is 2.07. The van der Waals surface area contributed by atoms with Crippen LogP contribution in [0.2, 0.25) is 0 Å². The van der Waals surface area contributed by atoms with Crippen molar-refractivity contribution in [2.24, 2.45) is 11.7 Å². The first-order valence-corrected chi connectivity index (χ1v) is 6.87. The van der Waals surface area contributed by atoms with Crippen molar-refractivity contribution in [3.8, 4) is 5.75 Å². The van der Waals surface area contributed by atoms with E-state index in [0.717, 1.165) is 12.5 Å². The summed E-state index contributed by atoms with van der Waals surface area (Å²) in [6, 6.07) is 5.92. The van der Waals surface area contributed by atoms with Gasteiger partial charge in [0.25, 0.3) is 0 Å². The van der Waals surface area contributed by atoms with Crippen LogP contribution >= 0.6 is 0 Å². The van der Waals surface area contributed by atoms with Gasteiger partial charge in [0, 0.05) is 13.1 Å². The molecule has 1 heterocycles. The van der Waals surface area contributed by atoms with Crippen molar-refractivity contribution >= 4 is 5.84 Å². The quantitative estimate of drug-likeness (QED) is 0.631. The number of methoxy groups -OCH3 is 1. The standard InChI is InChI=1S/C15H23N3O/c1-3-11-6-7-18(9-11)10-12-4-5-13(15(16)17)14(8-12)19-2/h4-5,8,11H,3,6-7,9-10H2,1-2H3,(H3,16,17). The van der Waals surface area contributed by atoms with Crippen LogP contribution in [0.3, 0.4) is 0 Å². The zero-order valence-electron chi connectivity index (χ0n) is 11.8. The zero-order valence-corrected chi connectivity index (χ0v) is 11.8. The number of hydrogen-bond acceptors (Lipinski definition) is 3. The van der Waals surface area contributed by atoms with Gasteiger partial charge in [0.15, 0.2) is 0 Å². The number of nitrogens with one attached hydrogen (secondary N) is 1. The molecule has 1 aliphatic rings. The molecule has 0 bridgehead atoms. The minimum atomic E-state index is 0.0515. The Hall–Kier alpha value is -1.55. The van der Waals surface area contributed by atoms with Gasteiger partial charge in [-0.05, 0) is 36.6 Å². The fourth-order valence-electron chi connectivity index (χ4n) is 2.70. The van der Waals surface area contributed by atoms with Crippen LogP contribution < -0.4 is 10.5 Å². The maximum atomic E-state index is 7.51. The van der Waals surface area contributed by atoms with Gasteiger partial charge in [-0.25, -0.2) is 0 Å². The number of hydrogen-bond donors (Lipinski definition) is 2. The van der Waals surface area contributed by atoms with Crippen molar-refractivity contribution < 1.29 is 4.74 Å². The Bertz CT molecular complexity index is 459. The molecule has 4 heteroatoms.